The third-order valence-electron chi connectivity index (χ3n) is 2.99. The highest BCUT2D eigenvalue weighted by Crippen LogP contribution is 2.10. The van der Waals surface area contributed by atoms with Gasteiger partial charge in [-0.25, -0.2) is 13.1 Å². The van der Waals surface area contributed by atoms with Crippen molar-refractivity contribution in [1.29, 1.82) is 0 Å². The van der Waals surface area contributed by atoms with Crippen molar-refractivity contribution >= 4 is 27.3 Å². The predicted octanol–water partition coefficient (Wildman–Crippen LogP) is 2.45. The quantitative estimate of drug-likeness (QED) is 0.532. The minimum Gasteiger partial charge on any atom is -0.375 e. The lowest BCUT2D eigenvalue weighted by atomic mass is 10.3. The number of alkyl halides is 1. The molecule has 4 nitrogen and oxygen atoms in total. The minimum atomic E-state index is -3.14. The van der Waals surface area contributed by atoms with E-state index in [4.69, 9.17) is 11.6 Å². The van der Waals surface area contributed by atoms with Gasteiger partial charge >= 0.3 is 0 Å². The van der Waals surface area contributed by atoms with Crippen LogP contribution in [0.4, 0.5) is 5.69 Å². The smallest absolute Gasteiger partial charge is 0.211 e. The first-order chi connectivity index (χ1) is 9.55. The Kier molecular flexibility index (Phi) is 7.95. The Morgan fingerprint density at radius 1 is 1.15 bits per heavy atom. The Labute approximate surface area is 127 Å². The fourth-order valence-electron chi connectivity index (χ4n) is 1.81. The second-order valence-electron chi connectivity index (χ2n) is 4.72. The molecule has 114 valence electrons. The van der Waals surface area contributed by atoms with Gasteiger partial charge in [0, 0.05) is 31.7 Å². The Morgan fingerprint density at radius 2 is 1.85 bits per heavy atom. The average Bonchev–Trinajstić information content (AvgIpc) is 2.44. The van der Waals surface area contributed by atoms with Crippen LogP contribution in [0.2, 0.25) is 0 Å². The molecule has 1 aromatic carbocycles. The van der Waals surface area contributed by atoms with Crippen LogP contribution in [0.25, 0.3) is 0 Å². The molecule has 0 aliphatic carbocycles. The number of halogens is 1. The second kappa shape index (κ2) is 9.21. The standard InChI is InChI=1S/C14H23ClN2O2S/c1-17(14-8-3-2-4-9-14)12-7-11-16-20(18,19)13-6-5-10-15/h2-4,8-9,16H,5-7,10-13H2,1H3. The molecule has 6 heteroatoms. The van der Waals surface area contributed by atoms with E-state index in [2.05, 4.69) is 9.62 Å². The molecular weight excluding hydrogens is 296 g/mol. The summed E-state index contributed by atoms with van der Waals surface area (Å²) in [6, 6.07) is 10.0. The number of benzene rings is 1. The van der Waals surface area contributed by atoms with Gasteiger partial charge < -0.3 is 4.90 Å². The number of hydrogen-bond acceptors (Lipinski definition) is 3. The number of sulfonamides is 1. The van der Waals surface area contributed by atoms with Crippen LogP contribution >= 0.6 is 11.6 Å². The first-order valence-electron chi connectivity index (χ1n) is 6.84. The van der Waals surface area contributed by atoms with Crippen molar-refractivity contribution in [3.05, 3.63) is 30.3 Å². The van der Waals surface area contributed by atoms with Crippen molar-refractivity contribution in [2.45, 2.75) is 19.3 Å². The normalized spacial score (nSPS) is 11.5. The lowest BCUT2D eigenvalue weighted by Crippen LogP contribution is -2.30. The van der Waals surface area contributed by atoms with Crippen LogP contribution in [-0.4, -0.2) is 40.2 Å². The second-order valence-corrected chi connectivity index (χ2v) is 7.02. The molecule has 0 amide bonds. The molecule has 0 spiro atoms. The molecule has 0 radical (unpaired) electrons. The molecule has 1 rings (SSSR count). The van der Waals surface area contributed by atoms with Crippen LogP contribution in [-0.2, 0) is 10.0 Å². The van der Waals surface area contributed by atoms with Crippen LogP contribution in [0.3, 0.4) is 0 Å². The van der Waals surface area contributed by atoms with E-state index in [0.717, 1.165) is 25.1 Å². The molecule has 0 saturated carbocycles. The number of unbranched alkanes of at least 4 members (excludes halogenated alkanes) is 1. The average molecular weight is 319 g/mol. The van der Waals surface area contributed by atoms with Crippen molar-refractivity contribution in [3.8, 4) is 0 Å². The lowest BCUT2D eigenvalue weighted by Gasteiger charge is -2.19. The fourth-order valence-corrected chi connectivity index (χ4v) is 3.19. The number of nitrogens with zero attached hydrogens (tertiary/aromatic N) is 1. The molecule has 0 aromatic heterocycles. The first-order valence-corrected chi connectivity index (χ1v) is 9.03. The first kappa shape index (κ1) is 17.3. The van der Waals surface area contributed by atoms with Gasteiger partial charge in [-0.15, -0.1) is 11.6 Å². The summed E-state index contributed by atoms with van der Waals surface area (Å²) < 4.78 is 25.9. The van der Waals surface area contributed by atoms with Crippen molar-refractivity contribution in [1.82, 2.24) is 4.72 Å². The molecule has 0 aliphatic heterocycles. The molecule has 0 unspecified atom stereocenters. The molecule has 0 aliphatic rings. The fraction of sp³-hybridized carbons (Fsp3) is 0.571. The van der Waals surface area contributed by atoms with Gasteiger partial charge in [0.1, 0.15) is 0 Å². The van der Waals surface area contributed by atoms with E-state index in [9.17, 15) is 8.42 Å². The minimum absolute atomic E-state index is 0.161. The molecule has 1 aromatic rings. The predicted molar refractivity (Wildman–Crippen MR) is 86.1 cm³/mol. The van der Waals surface area contributed by atoms with Crippen molar-refractivity contribution in [2.75, 3.05) is 36.7 Å². The Hall–Kier alpha value is -0.780. The summed E-state index contributed by atoms with van der Waals surface area (Å²) in [4.78, 5) is 2.11. The molecule has 1 N–H and O–H groups in total. The van der Waals surface area contributed by atoms with Gasteiger partial charge in [0.15, 0.2) is 0 Å². The van der Waals surface area contributed by atoms with Gasteiger partial charge in [-0.2, -0.15) is 0 Å². The summed E-state index contributed by atoms with van der Waals surface area (Å²) in [7, 11) is -1.14. The Balaban J connectivity index is 2.21. The van der Waals surface area contributed by atoms with Gasteiger partial charge in [-0.3, -0.25) is 0 Å². The third kappa shape index (κ3) is 7.12. The zero-order chi connectivity index (χ0) is 14.8. The molecule has 0 bridgehead atoms. The van der Waals surface area contributed by atoms with Crippen LogP contribution in [0, 0.1) is 0 Å². The largest absolute Gasteiger partial charge is 0.375 e. The van der Waals surface area contributed by atoms with Gasteiger partial charge in [-0.1, -0.05) is 18.2 Å². The van der Waals surface area contributed by atoms with E-state index in [-0.39, 0.29) is 5.75 Å². The molecule has 0 heterocycles. The summed E-state index contributed by atoms with van der Waals surface area (Å²) in [6.45, 7) is 1.29. The van der Waals surface area contributed by atoms with E-state index in [0.29, 0.717) is 18.8 Å². The molecule has 20 heavy (non-hydrogen) atoms. The highest BCUT2D eigenvalue weighted by molar-refractivity contribution is 7.89. The van der Waals surface area contributed by atoms with Gasteiger partial charge in [0.05, 0.1) is 5.75 Å². The number of anilines is 1. The van der Waals surface area contributed by atoms with Crippen molar-refractivity contribution < 1.29 is 8.42 Å². The van der Waals surface area contributed by atoms with E-state index in [1.54, 1.807) is 0 Å². The van der Waals surface area contributed by atoms with E-state index in [1.807, 2.05) is 37.4 Å². The van der Waals surface area contributed by atoms with Crippen LogP contribution in [0.5, 0.6) is 0 Å². The summed E-state index contributed by atoms with van der Waals surface area (Å²) in [5, 5.41) is 0. The SMILES string of the molecule is CN(CCCNS(=O)(=O)CCCCCl)c1ccccc1. The maximum absolute atomic E-state index is 11.7. The van der Waals surface area contributed by atoms with Crippen molar-refractivity contribution in [3.63, 3.8) is 0 Å². The van der Waals surface area contributed by atoms with E-state index in [1.165, 1.54) is 0 Å². The molecule has 0 saturated heterocycles. The summed E-state index contributed by atoms with van der Waals surface area (Å²) in [5.74, 6) is 0.672. The maximum Gasteiger partial charge on any atom is 0.211 e. The molecule has 0 fully saturated rings. The highest BCUT2D eigenvalue weighted by atomic mass is 35.5. The number of nitrogens with one attached hydrogen (secondary N) is 1. The van der Waals surface area contributed by atoms with Gasteiger partial charge in [0.2, 0.25) is 10.0 Å². The highest BCUT2D eigenvalue weighted by Gasteiger charge is 2.08. The Bertz CT molecular complexity index is 465. The molecular formula is C14H23ClN2O2S. The van der Waals surface area contributed by atoms with Crippen LogP contribution < -0.4 is 9.62 Å². The zero-order valence-corrected chi connectivity index (χ0v) is 13.5. The summed E-state index contributed by atoms with van der Waals surface area (Å²) >= 11 is 5.53. The van der Waals surface area contributed by atoms with Gasteiger partial charge in [0.25, 0.3) is 0 Å². The number of hydrogen-bond donors (Lipinski definition) is 1. The monoisotopic (exact) mass is 318 g/mol. The third-order valence-corrected chi connectivity index (χ3v) is 4.72. The Morgan fingerprint density at radius 3 is 2.50 bits per heavy atom. The summed E-state index contributed by atoms with van der Waals surface area (Å²) in [5.41, 5.74) is 1.14. The lowest BCUT2D eigenvalue weighted by molar-refractivity contribution is 0.575. The topological polar surface area (TPSA) is 49.4 Å². The van der Waals surface area contributed by atoms with E-state index >= 15 is 0 Å². The van der Waals surface area contributed by atoms with Crippen molar-refractivity contribution in [2.24, 2.45) is 0 Å². The van der Waals surface area contributed by atoms with Crippen LogP contribution in [0.15, 0.2) is 30.3 Å². The number of para-hydroxylation sites is 1. The molecule has 0 atom stereocenters. The van der Waals surface area contributed by atoms with Crippen LogP contribution in [0.1, 0.15) is 19.3 Å². The zero-order valence-electron chi connectivity index (χ0n) is 11.9. The number of rotatable bonds is 10. The van der Waals surface area contributed by atoms with E-state index < -0.39 is 10.0 Å². The maximum atomic E-state index is 11.7. The summed E-state index contributed by atoms with van der Waals surface area (Å²) in [6.07, 6.45) is 2.13. The van der Waals surface area contributed by atoms with Gasteiger partial charge in [-0.05, 0) is 31.4 Å².